The van der Waals surface area contributed by atoms with E-state index in [0.29, 0.717) is 12.8 Å². The molecule has 0 bridgehead atoms. The van der Waals surface area contributed by atoms with Crippen LogP contribution < -0.4 is 5.32 Å². The first-order valence-corrected chi connectivity index (χ1v) is 20.9. The van der Waals surface area contributed by atoms with E-state index in [9.17, 15) is 34.1 Å². The van der Waals surface area contributed by atoms with Crippen LogP contribution in [0, 0.1) is 0 Å². The van der Waals surface area contributed by atoms with E-state index in [2.05, 4.69) is 43.5 Å². The number of nitrogens with one attached hydrogen (secondary N) is 1. The number of hydrogen-bond acceptors (Lipinski definition) is 8. The molecule has 4 N–H and O–H groups in total. The Hall–Kier alpha value is -2.04. The molecule has 0 radical (unpaired) electrons. The van der Waals surface area contributed by atoms with E-state index in [4.69, 9.17) is 13.8 Å². The lowest BCUT2D eigenvalue weighted by Crippen LogP contribution is -2.43. The number of esters is 1. The highest BCUT2D eigenvalue weighted by molar-refractivity contribution is 7.47. The predicted octanol–water partition coefficient (Wildman–Crippen LogP) is 9.11. The van der Waals surface area contributed by atoms with Gasteiger partial charge in [0, 0.05) is 12.8 Å². The van der Waals surface area contributed by atoms with Gasteiger partial charge in [-0.05, 0) is 38.5 Å². The van der Waals surface area contributed by atoms with Crippen molar-refractivity contribution < 1.29 is 47.8 Å². The molecule has 12 heteroatoms. The zero-order valence-electron chi connectivity index (χ0n) is 31.2. The van der Waals surface area contributed by atoms with Gasteiger partial charge in [-0.25, -0.2) is 9.36 Å². The van der Waals surface area contributed by atoms with Crippen molar-refractivity contribution in [2.75, 3.05) is 19.8 Å². The minimum atomic E-state index is -4.75. The molecule has 3 unspecified atom stereocenters. The average molecular weight is 732 g/mol. The van der Waals surface area contributed by atoms with E-state index >= 15 is 0 Å². The number of carbonyl (C=O) groups excluding carboxylic acids is 2. The molecule has 0 saturated carbocycles. The Morgan fingerprint density at radius 3 is 1.70 bits per heavy atom. The molecule has 11 nitrogen and oxygen atoms in total. The molecule has 0 aliphatic carbocycles. The quantitative estimate of drug-likeness (QED) is 0.0211. The number of phosphoric acid groups is 1. The number of aliphatic hydroxyl groups excluding tert-OH is 1. The summed E-state index contributed by atoms with van der Waals surface area (Å²) < 4.78 is 26.7. The van der Waals surface area contributed by atoms with E-state index in [-0.39, 0.29) is 12.8 Å². The van der Waals surface area contributed by atoms with Gasteiger partial charge in [-0.2, -0.15) is 0 Å². The molecule has 0 aliphatic rings. The molecule has 0 aromatic rings. The van der Waals surface area contributed by atoms with Crippen molar-refractivity contribution in [3.8, 4) is 0 Å². The molecule has 3 atom stereocenters. The van der Waals surface area contributed by atoms with Crippen LogP contribution in [-0.2, 0) is 32.7 Å². The van der Waals surface area contributed by atoms with Crippen molar-refractivity contribution in [3.63, 3.8) is 0 Å². The minimum absolute atomic E-state index is 0.130. The van der Waals surface area contributed by atoms with Crippen molar-refractivity contribution in [2.45, 2.75) is 180 Å². The highest BCUT2D eigenvalue weighted by Crippen LogP contribution is 2.43. The normalized spacial score (nSPS) is 14.2. The van der Waals surface area contributed by atoms with Gasteiger partial charge in [0.05, 0.1) is 13.2 Å². The Morgan fingerprint density at radius 1 is 0.640 bits per heavy atom. The number of carbonyl (C=O) groups is 3. The van der Waals surface area contributed by atoms with E-state index in [1.54, 1.807) is 0 Å². The second-order valence-corrected chi connectivity index (χ2v) is 14.6. The van der Waals surface area contributed by atoms with Crippen molar-refractivity contribution >= 4 is 25.7 Å². The lowest BCUT2D eigenvalue weighted by molar-refractivity contribution is -0.147. The number of aliphatic carboxylic acids is 1. The standard InChI is InChI=1S/C38H70NO10P/c1-3-5-7-9-11-13-15-17-19-21-23-25-27-29-36(41)39-35(38(43)44)33-49-50(45,46)48-32-34(40)31-47-37(42)30-28-26-24-22-20-18-16-14-12-10-8-6-4-2/h7,9,13,15,34-35,40H,3-6,8,10-12,14,16-33H2,1-2H3,(H,39,41)(H,43,44)(H,45,46)/b9-7-,15-13-. The molecule has 0 rings (SSSR count). The molecular formula is C38H70NO10P. The van der Waals surface area contributed by atoms with Gasteiger partial charge in [0.2, 0.25) is 5.91 Å². The topological polar surface area (TPSA) is 169 Å². The summed E-state index contributed by atoms with van der Waals surface area (Å²) in [4.78, 5) is 45.7. The smallest absolute Gasteiger partial charge is 0.472 e. The van der Waals surface area contributed by atoms with E-state index in [1.165, 1.54) is 57.8 Å². The third kappa shape index (κ3) is 33.1. The van der Waals surface area contributed by atoms with Crippen LogP contribution in [0.4, 0.5) is 0 Å². The monoisotopic (exact) mass is 731 g/mol. The van der Waals surface area contributed by atoms with Crippen molar-refractivity contribution in [1.29, 1.82) is 0 Å². The number of hydrogen-bond donors (Lipinski definition) is 4. The van der Waals surface area contributed by atoms with Gasteiger partial charge < -0.3 is 25.2 Å². The molecule has 1 amide bonds. The number of rotatable bonds is 36. The van der Waals surface area contributed by atoms with Gasteiger partial charge in [0.25, 0.3) is 0 Å². The van der Waals surface area contributed by atoms with Crippen molar-refractivity contribution in [3.05, 3.63) is 24.3 Å². The first-order chi connectivity index (χ1) is 24.1. The van der Waals surface area contributed by atoms with Crippen LogP contribution >= 0.6 is 7.82 Å². The SMILES string of the molecule is CCC/C=C\C/C=C\CCCCCCCC(=O)NC(COP(=O)(O)OCC(O)COC(=O)CCCCCCCCCCCCCCC)C(=O)O. The molecule has 0 spiro atoms. The van der Waals surface area contributed by atoms with Crippen LogP contribution in [0.5, 0.6) is 0 Å². The third-order valence-electron chi connectivity index (χ3n) is 8.22. The van der Waals surface area contributed by atoms with Gasteiger partial charge >= 0.3 is 19.8 Å². The number of phosphoric ester groups is 1. The fraction of sp³-hybridized carbons (Fsp3) is 0.816. The van der Waals surface area contributed by atoms with E-state index in [0.717, 1.165) is 70.6 Å². The van der Waals surface area contributed by atoms with Crippen LogP contribution in [0.2, 0.25) is 0 Å². The molecule has 0 fully saturated rings. The molecular weight excluding hydrogens is 661 g/mol. The maximum absolute atomic E-state index is 12.2. The number of amides is 1. The molecule has 0 heterocycles. The Balaban J connectivity index is 3.97. The summed E-state index contributed by atoms with van der Waals surface area (Å²) >= 11 is 0. The Labute approximate surface area is 302 Å². The fourth-order valence-electron chi connectivity index (χ4n) is 5.18. The molecule has 0 saturated heterocycles. The summed E-state index contributed by atoms with van der Waals surface area (Å²) in [6.07, 6.45) is 32.1. The fourth-order valence-corrected chi connectivity index (χ4v) is 5.95. The number of allylic oxidation sites excluding steroid dienone is 4. The Kier molecular flexibility index (Phi) is 32.7. The number of aliphatic hydroxyl groups is 1. The van der Waals surface area contributed by atoms with Gasteiger partial charge in [-0.3, -0.25) is 18.6 Å². The lowest BCUT2D eigenvalue weighted by Gasteiger charge is -2.18. The van der Waals surface area contributed by atoms with Gasteiger partial charge in [-0.15, -0.1) is 0 Å². The first-order valence-electron chi connectivity index (χ1n) is 19.4. The van der Waals surface area contributed by atoms with Crippen molar-refractivity contribution in [1.82, 2.24) is 5.32 Å². The highest BCUT2D eigenvalue weighted by atomic mass is 31.2. The number of ether oxygens (including phenoxy) is 1. The maximum Gasteiger partial charge on any atom is 0.472 e. The Morgan fingerprint density at radius 2 is 1.14 bits per heavy atom. The van der Waals surface area contributed by atoms with Crippen molar-refractivity contribution in [2.24, 2.45) is 0 Å². The van der Waals surface area contributed by atoms with Crippen LogP contribution in [0.1, 0.15) is 168 Å². The second kappa shape index (κ2) is 34.1. The zero-order valence-corrected chi connectivity index (χ0v) is 32.1. The minimum Gasteiger partial charge on any atom is -0.480 e. The summed E-state index contributed by atoms with van der Waals surface area (Å²) in [6, 6.07) is -1.55. The predicted molar refractivity (Wildman–Crippen MR) is 199 cm³/mol. The van der Waals surface area contributed by atoms with Crippen LogP contribution in [0.15, 0.2) is 24.3 Å². The van der Waals surface area contributed by atoms with E-state index in [1.807, 2.05) is 0 Å². The molecule has 50 heavy (non-hydrogen) atoms. The summed E-state index contributed by atoms with van der Waals surface area (Å²) in [5, 5.41) is 21.7. The van der Waals surface area contributed by atoms with E-state index < -0.39 is 57.6 Å². The van der Waals surface area contributed by atoms with Crippen LogP contribution in [-0.4, -0.2) is 64.9 Å². The zero-order chi connectivity index (χ0) is 37.1. The van der Waals surface area contributed by atoms with Gasteiger partial charge in [0.15, 0.2) is 6.04 Å². The van der Waals surface area contributed by atoms with Crippen LogP contribution in [0.3, 0.4) is 0 Å². The lowest BCUT2D eigenvalue weighted by atomic mass is 10.0. The first kappa shape index (κ1) is 48.0. The second-order valence-electron chi connectivity index (χ2n) is 13.1. The number of carboxylic acid groups (broad SMARTS) is 1. The summed E-state index contributed by atoms with van der Waals surface area (Å²) in [5.74, 6) is -2.39. The molecule has 0 aliphatic heterocycles. The maximum atomic E-state index is 12.2. The molecule has 292 valence electrons. The summed E-state index contributed by atoms with van der Waals surface area (Å²) in [6.45, 7) is 2.50. The highest BCUT2D eigenvalue weighted by Gasteiger charge is 2.28. The molecule has 0 aromatic heterocycles. The van der Waals surface area contributed by atoms with Gasteiger partial charge in [-0.1, -0.05) is 141 Å². The number of carboxylic acids is 1. The van der Waals surface area contributed by atoms with Gasteiger partial charge in [0.1, 0.15) is 12.7 Å². The molecule has 0 aromatic carbocycles. The Bertz CT molecular complexity index is 958. The summed E-state index contributed by atoms with van der Waals surface area (Å²) in [7, 11) is -4.75. The number of unbranched alkanes of at least 4 members (excludes halogenated alkanes) is 18. The average Bonchev–Trinajstić information content (AvgIpc) is 3.08. The largest absolute Gasteiger partial charge is 0.480 e. The van der Waals surface area contributed by atoms with Crippen LogP contribution in [0.25, 0.3) is 0 Å². The third-order valence-corrected chi connectivity index (χ3v) is 9.18. The summed E-state index contributed by atoms with van der Waals surface area (Å²) in [5.41, 5.74) is 0.